The van der Waals surface area contributed by atoms with Crippen LogP contribution in [0.25, 0.3) is 0 Å². The van der Waals surface area contributed by atoms with Gasteiger partial charge in [-0.2, -0.15) is 0 Å². The molecule has 0 bridgehead atoms. The van der Waals surface area contributed by atoms with Crippen molar-refractivity contribution in [3.8, 4) is 0 Å². The predicted molar refractivity (Wildman–Crippen MR) is 63.5 cm³/mol. The third-order valence-corrected chi connectivity index (χ3v) is 3.89. The number of aliphatic carboxylic acids is 1. The highest BCUT2D eigenvalue weighted by Gasteiger charge is 2.27. The maximum absolute atomic E-state index is 11.7. The van der Waals surface area contributed by atoms with Gasteiger partial charge in [0.15, 0.2) is 0 Å². The summed E-state index contributed by atoms with van der Waals surface area (Å²) in [5.74, 6) is -1.04. The molecule has 0 aromatic rings. The first kappa shape index (κ1) is 13.8. The van der Waals surface area contributed by atoms with E-state index in [4.69, 9.17) is 10.8 Å². The van der Waals surface area contributed by atoms with Crippen molar-refractivity contribution in [3.63, 3.8) is 0 Å². The molecule has 17 heavy (non-hydrogen) atoms. The van der Waals surface area contributed by atoms with Crippen LogP contribution in [0, 0.1) is 0 Å². The van der Waals surface area contributed by atoms with Gasteiger partial charge >= 0.3 is 5.97 Å². The van der Waals surface area contributed by atoms with Crippen molar-refractivity contribution in [2.75, 3.05) is 5.75 Å². The Bertz CT molecular complexity index is 315. The normalized spacial score (nSPS) is 20.8. The minimum Gasteiger partial charge on any atom is -0.480 e. The number of nitrogens with one attached hydrogen (secondary N) is 1. The number of nitrogens with two attached hydrogens (primary N) is 1. The van der Waals surface area contributed by atoms with Gasteiger partial charge in [-0.05, 0) is 25.0 Å². The first-order valence-corrected chi connectivity index (χ1v) is 6.48. The van der Waals surface area contributed by atoms with E-state index in [0.29, 0.717) is 0 Å². The van der Waals surface area contributed by atoms with Crippen LogP contribution in [0.2, 0.25) is 0 Å². The van der Waals surface area contributed by atoms with Crippen LogP contribution in [0.4, 0.5) is 0 Å². The molecule has 2 unspecified atom stereocenters. The van der Waals surface area contributed by atoms with Gasteiger partial charge in [0.25, 0.3) is 0 Å². The fraction of sp³-hybridized carbons (Fsp3) is 0.700. The number of carboxylic acid groups (broad SMARTS) is 1. The molecule has 0 aromatic heterocycles. The van der Waals surface area contributed by atoms with Gasteiger partial charge in [0.1, 0.15) is 6.04 Å². The first-order valence-electron chi connectivity index (χ1n) is 5.44. The van der Waals surface area contributed by atoms with Gasteiger partial charge < -0.3 is 16.2 Å². The highest BCUT2D eigenvalue weighted by atomic mass is 32.2. The standard InChI is InChI=1S/C10H16N2O4S/c11-8(13)4-3-6(10(15)16)12-9(14)7-2-1-5-17-7/h6-7H,1-5H2,(H2,11,13)(H,12,14)(H,15,16). The topological polar surface area (TPSA) is 109 Å². The number of primary amides is 1. The maximum Gasteiger partial charge on any atom is 0.326 e. The van der Waals surface area contributed by atoms with Crippen molar-refractivity contribution in [3.05, 3.63) is 0 Å². The summed E-state index contributed by atoms with van der Waals surface area (Å²) in [7, 11) is 0. The molecular formula is C10H16N2O4S. The minimum absolute atomic E-state index is 0.0355. The van der Waals surface area contributed by atoms with E-state index >= 15 is 0 Å². The average molecular weight is 260 g/mol. The zero-order chi connectivity index (χ0) is 12.8. The lowest BCUT2D eigenvalue weighted by molar-refractivity contribution is -0.142. The van der Waals surface area contributed by atoms with Gasteiger partial charge in [-0.3, -0.25) is 9.59 Å². The van der Waals surface area contributed by atoms with Crippen molar-refractivity contribution in [2.24, 2.45) is 5.73 Å². The average Bonchev–Trinajstić information content (AvgIpc) is 2.76. The molecule has 0 saturated carbocycles. The molecule has 1 rings (SSSR count). The number of thioether (sulfide) groups is 1. The number of hydrogen-bond acceptors (Lipinski definition) is 4. The highest BCUT2D eigenvalue weighted by molar-refractivity contribution is 8.00. The molecular weight excluding hydrogens is 244 g/mol. The molecule has 1 fully saturated rings. The number of rotatable bonds is 6. The summed E-state index contributed by atoms with van der Waals surface area (Å²) < 4.78 is 0. The second kappa shape index (κ2) is 6.48. The van der Waals surface area contributed by atoms with E-state index in [0.717, 1.165) is 18.6 Å². The van der Waals surface area contributed by atoms with E-state index in [-0.39, 0.29) is 24.0 Å². The fourth-order valence-corrected chi connectivity index (χ4v) is 2.76. The Balaban J connectivity index is 2.44. The fourth-order valence-electron chi connectivity index (χ4n) is 1.59. The lowest BCUT2D eigenvalue weighted by Gasteiger charge is -2.16. The quantitative estimate of drug-likeness (QED) is 0.608. The zero-order valence-electron chi connectivity index (χ0n) is 9.35. The molecule has 4 N–H and O–H groups in total. The third kappa shape index (κ3) is 4.64. The second-order valence-corrected chi connectivity index (χ2v) is 5.22. The Morgan fingerprint density at radius 2 is 2.18 bits per heavy atom. The molecule has 0 spiro atoms. The van der Waals surface area contributed by atoms with Crippen LogP contribution in [0.5, 0.6) is 0 Å². The summed E-state index contributed by atoms with van der Waals surface area (Å²) in [5.41, 5.74) is 4.95. The number of carbonyl (C=O) groups is 3. The Hall–Kier alpha value is -1.24. The molecule has 0 aliphatic carbocycles. The zero-order valence-corrected chi connectivity index (χ0v) is 10.2. The van der Waals surface area contributed by atoms with Crippen LogP contribution >= 0.6 is 11.8 Å². The molecule has 1 aliphatic rings. The van der Waals surface area contributed by atoms with Crippen molar-refractivity contribution >= 4 is 29.5 Å². The van der Waals surface area contributed by atoms with Crippen molar-refractivity contribution in [1.29, 1.82) is 0 Å². The Morgan fingerprint density at radius 3 is 2.65 bits per heavy atom. The van der Waals surface area contributed by atoms with E-state index in [2.05, 4.69) is 5.32 Å². The molecule has 0 aromatic carbocycles. The largest absolute Gasteiger partial charge is 0.480 e. The molecule has 0 radical (unpaired) electrons. The highest BCUT2D eigenvalue weighted by Crippen LogP contribution is 2.26. The molecule has 2 atom stereocenters. The lowest BCUT2D eigenvalue weighted by atomic mass is 10.1. The van der Waals surface area contributed by atoms with Gasteiger partial charge in [-0.25, -0.2) is 4.79 Å². The monoisotopic (exact) mass is 260 g/mol. The minimum atomic E-state index is -1.14. The smallest absolute Gasteiger partial charge is 0.326 e. The predicted octanol–water partition coefficient (Wildman–Crippen LogP) is -0.283. The number of hydrogen-bond donors (Lipinski definition) is 3. The van der Waals surface area contributed by atoms with Gasteiger partial charge in [0.05, 0.1) is 5.25 Å². The molecule has 7 heteroatoms. The Morgan fingerprint density at radius 1 is 1.47 bits per heavy atom. The van der Waals surface area contributed by atoms with Crippen LogP contribution < -0.4 is 11.1 Å². The molecule has 1 saturated heterocycles. The van der Waals surface area contributed by atoms with Crippen molar-refractivity contribution in [2.45, 2.75) is 37.0 Å². The van der Waals surface area contributed by atoms with Gasteiger partial charge in [-0.15, -0.1) is 11.8 Å². The summed E-state index contributed by atoms with van der Waals surface area (Å²) in [6, 6.07) is -1.03. The maximum atomic E-state index is 11.7. The SMILES string of the molecule is NC(=O)CCC(NC(=O)C1CCCS1)C(=O)O. The van der Waals surface area contributed by atoms with E-state index in [1.807, 2.05) is 0 Å². The van der Waals surface area contributed by atoms with Crippen LogP contribution in [0.1, 0.15) is 25.7 Å². The van der Waals surface area contributed by atoms with Gasteiger partial charge in [0, 0.05) is 6.42 Å². The van der Waals surface area contributed by atoms with Crippen LogP contribution in [-0.2, 0) is 14.4 Å². The van der Waals surface area contributed by atoms with E-state index in [9.17, 15) is 14.4 Å². The van der Waals surface area contributed by atoms with Crippen LogP contribution in [0.15, 0.2) is 0 Å². The summed E-state index contributed by atoms with van der Waals surface area (Å²) >= 11 is 1.53. The Labute approximate surface area is 103 Å². The first-order chi connectivity index (χ1) is 8.00. The van der Waals surface area contributed by atoms with E-state index in [1.165, 1.54) is 11.8 Å². The molecule has 6 nitrogen and oxygen atoms in total. The summed E-state index contributed by atoms with van der Waals surface area (Å²) in [4.78, 5) is 33.2. The number of amides is 2. The molecule has 96 valence electrons. The van der Waals surface area contributed by atoms with Gasteiger partial charge in [-0.1, -0.05) is 0 Å². The molecule has 1 heterocycles. The van der Waals surface area contributed by atoms with E-state index < -0.39 is 17.9 Å². The second-order valence-electron chi connectivity index (χ2n) is 3.91. The van der Waals surface area contributed by atoms with Crippen LogP contribution in [-0.4, -0.2) is 39.9 Å². The lowest BCUT2D eigenvalue weighted by Crippen LogP contribution is -2.44. The van der Waals surface area contributed by atoms with Gasteiger partial charge in [0.2, 0.25) is 11.8 Å². The summed E-state index contributed by atoms with van der Waals surface area (Å²) in [5, 5.41) is 11.2. The summed E-state index contributed by atoms with van der Waals surface area (Å²) in [6.07, 6.45) is 1.74. The third-order valence-electron chi connectivity index (χ3n) is 2.52. The number of carboxylic acids is 1. The number of carbonyl (C=O) groups excluding carboxylic acids is 2. The summed E-state index contributed by atoms with van der Waals surface area (Å²) in [6.45, 7) is 0. The van der Waals surface area contributed by atoms with Crippen molar-refractivity contribution in [1.82, 2.24) is 5.32 Å². The molecule has 2 amide bonds. The molecule has 1 aliphatic heterocycles. The van der Waals surface area contributed by atoms with E-state index in [1.54, 1.807) is 0 Å². The van der Waals surface area contributed by atoms with Crippen LogP contribution in [0.3, 0.4) is 0 Å². The Kier molecular flexibility index (Phi) is 5.27. The van der Waals surface area contributed by atoms with Crippen molar-refractivity contribution < 1.29 is 19.5 Å².